The Hall–Kier alpha value is -1.09. The molecular formula is C12H16N2O. The Kier molecular flexibility index (Phi) is 1.96. The van der Waals surface area contributed by atoms with Gasteiger partial charge in [0.15, 0.2) is 5.78 Å². The zero-order chi connectivity index (χ0) is 10.4. The molecule has 0 bridgehead atoms. The highest BCUT2D eigenvalue weighted by molar-refractivity contribution is 6.00. The normalized spacial score (nSPS) is 29.8. The molecule has 80 valence electrons. The standard InChI is InChI=1S/C12H16N2O/c1-8-6-9-7-13-3-5-14-4-2-10(11(9)14)12(8)15/h2,4,8-9,13H,3,5-7H2,1H3. The van der Waals surface area contributed by atoms with Crippen LogP contribution in [0.5, 0.6) is 0 Å². The molecule has 1 aromatic heterocycles. The number of carbonyl (C=O) groups excluding carboxylic acids is 1. The van der Waals surface area contributed by atoms with Gasteiger partial charge in [-0.05, 0) is 12.5 Å². The van der Waals surface area contributed by atoms with Crippen LogP contribution in [-0.4, -0.2) is 23.4 Å². The quantitative estimate of drug-likeness (QED) is 0.693. The first-order valence-corrected chi connectivity index (χ1v) is 5.71. The lowest BCUT2D eigenvalue weighted by Crippen LogP contribution is -2.28. The summed E-state index contributed by atoms with van der Waals surface area (Å²) in [6.45, 7) is 5.08. The van der Waals surface area contributed by atoms with E-state index >= 15 is 0 Å². The van der Waals surface area contributed by atoms with Crippen LogP contribution in [0.25, 0.3) is 0 Å². The van der Waals surface area contributed by atoms with Gasteiger partial charge in [-0.1, -0.05) is 6.92 Å². The Balaban J connectivity index is 2.14. The summed E-state index contributed by atoms with van der Waals surface area (Å²) in [5.41, 5.74) is 2.26. The van der Waals surface area contributed by atoms with Crippen molar-refractivity contribution in [3.63, 3.8) is 0 Å². The summed E-state index contributed by atoms with van der Waals surface area (Å²) in [6.07, 6.45) is 3.07. The summed E-state index contributed by atoms with van der Waals surface area (Å²) in [5, 5.41) is 3.45. The maximum Gasteiger partial charge on any atom is 0.167 e. The molecule has 1 aliphatic carbocycles. The molecule has 3 rings (SSSR count). The van der Waals surface area contributed by atoms with Crippen molar-refractivity contribution in [1.82, 2.24) is 9.88 Å². The highest BCUT2D eigenvalue weighted by atomic mass is 16.1. The fraction of sp³-hybridized carbons (Fsp3) is 0.583. The van der Waals surface area contributed by atoms with Gasteiger partial charge >= 0.3 is 0 Å². The van der Waals surface area contributed by atoms with Crippen LogP contribution in [0.4, 0.5) is 0 Å². The third-order valence-corrected chi connectivity index (χ3v) is 3.66. The smallest absolute Gasteiger partial charge is 0.167 e. The predicted octanol–water partition coefficient (Wildman–Crippen LogP) is 1.40. The molecule has 2 heterocycles. The minimum Gasteiger partial charge on any atom is -0.349 e. The number of hydrogen-bond acceptors (Lipinski definition) is 2. The average Bonchev–Trinajstić information content (AvgIpc) is 2.54. The van der Waals surface area contributed by atoms with Gasteiger partial charge in [0, 0.05) is 48.9 Å². The molecule has 2 atom stereocenters. The third-order valence-electron chi connectivity index (χ3n) is 3.66. The first kappa shape index (κ1) is 9.16. The molecule has 0 fully saturated rings. The topological polar surface area (TPSA) is 34.0 Å². The fourth-order valence-corrected chi connectivity index (χ4v) is 2.91. The summed E-state index contributed by atoms with van der Waals surface area (Å²) in [4.78, 5) is 12.0. The first-order valence-electron chi connectivity index (χ1n) is 5.71. The molecule has 15 heavy (non-hydrogen) atoms. The third kappa shape index (κ3) is 1.26. The van der Waals surface area contributed by atoms with Crippen molar-refractivity contribution in [3.8, 4) is 0 Å². The fourth-order valence-electron chi connectivity index (χ4n) is 2.91. The van der Waals surface area contributed by atoms with E-state index in [9.17, 15) is 4.79 Å². The lowest BCUT2D eigenvalue weighted by molar-refractivity contribution is 0.0904. The molecule has 0 saturated carbocycles. The van der Waals surface area contributed by atoms with Gasteiger partial charge in [0.25, 0.3) is 0 Å². The molecule has 2 aliphatic rings. The second-order valence-corrected chi connectivity index (χ2v) is 4.71. The van der Waals surface area contributed by atoms with Crippen LogP contribution in [0.2, 0.25) is 0 Å². The predicted molar refractivity (Wildman–Crippen MR) is 58.2 cm³/mol. The maximum atomic E-state index is 12.0. The first-order chi connectivity index (χ1) is 7.27. The van der Waals surface area contributed by atoms with E-state index in [4.69, 9.17) is 0 Å². The number of aromatic nitrogens is 1. The van der Waals surface area contributed by atoms with Crippen LogP contribution in [0.1, 0.15) is 35.3 Å². The van der Waals surface area contributed by atoms with E-state index in [1.54, 1.807) is 0 Å². The molecular weight excluding hydrogens is 188 g/mol. The van der Waals surface area contributed by atoms with Crippen molar-refractivity contribution in [2.45, 2.75) is 25.8 Å². The Morgan fingerprint density at radius 2 is 2.40 bits per heavy atom. The van der Waals surface area contributed by atoms with Gasteiger partial charge in [-0.3, -0.25) is 4.79 Å². The van der Waals surface area contributed by atoms with Crippen molar-refractivity contribution >= 4 is 5.78 Å². The monoisotopic (exact) mass is 204 g/mol. The maximum absolute atomic E-state index is 12.0. The number of nitrogens with one attached hydrogen (secondary N) is 1. The summed E-state index contributed by atoms with van der Waals surface area (Å²) in [7, 11) is 0. The van der Waals surface area contributed by atoms with E-state index in [1.165, 1.54) is 5.69 Å². The van der Waals surface area contributed by atoms with E-state index < -0.39 is 0 Å². The Bertz CT molecular complexity index is 408. The SMILES string of the molecule is CC1CC2CNCCn3ccc(c32)C1=O. The summed E-state index contributed by atoms with van der Waals surface area (Å²) in [6, 6.07) is 2.01. The number of ketones is 1. The van der Waals surface area contributed by atoms with Gasteiger partial charge in [-0.15, -0.1) is 0 Å². The van der Waals surface area contributed by atoms with Crippen LogP contribution < -0.4 is 5.32 Å². The van der Waals surface area contributed by atoms with Gasteiger partial charge < -0.3 is 9.88 Å². The molecule has 3 nitrogen and oxygen atoms in total. The summed E-state index contributed by atoms with van der Waals surface area (Å²) < 4.78 is 2.25. The van der Waals surface area contributed by atoms with Gasteiger partial charge in [0.05, 0.1) is 0 Å². The van der Waals surface area contributed by atoms with E-state index in [2.05, 4.69) is 16.1 Å². The summed E-state index contributed by atoms with van der Waals surface area (Å²) >= 11 is 0. The van der Waals surface area contributed by atoms with Crippen LogP contribution in [0.15, 0.2) is 12.3 Å². The van der Waals surface area contributed by atoms with Crippen LogP contribution >= 0.6 is 0 Å². The van der Waals surface area contributed by atoms with E-state index in [-0.39, 0.29) is 5.92 Å². The number of hydrogen-bond donors (Lipinski definition) is 1. The van der Waals surface area contributed by atoms with Crippen molar-refractivity contribution < 1.29 is 4.79 Å². The highest BCUT2D eigenvalue weighted by Crippen LogP contribution is 2.35. The van der Waals surface area contributed by atoms with Gasteiger partial charge in [-0.25, -0.2) is 0 Å². The molecule has 0 saturated heterocycles. The van der Waals surface area contributed by atoms with Crippen LogP contribution in [-0.2, 0) is 6.54 Å². The minimum absolute atomic E-state index is 0.193. The molecule has 0 aromatic carbocycles. The van der Waals surface area contributed by atoms with Crippen molar-refractivity contribution in [2.24, 2.45) is 5.92 Å². The zero-order valence-electron chi connectivity index (χ0n) is 8.99. The van der Waals surface area contributed by atoms with Crippen molar-refractivity contribution in [3.05, 3.63) is 23.5 Å². The molecule has 1 N–H and O–H groups in total. The van der Waals surface area contributed by atoms with Crippen LogP contribution in [0.3, 0.4) is 0 Å². The molecule has 0 amide bonds. The molecule has 1 aliphatic heterocycles. The number of carbonyl (C=O) groups is 1. The Morgan fingerprint density at radius 1 is 1.53 bits per heavy atom. The number of nitrogens with zero attached hydrogens (tertiary/aromatic N) is 1. The largest absolute Gasteiger partial charge is 0.349 e. The Morgan fingerprint density at radius 3 is 3.27 bits per heavy atom. The second kappa shape index (κ2) is 3.20. The minimum atomic E-state index is 0.193. The Labute approximate surface area is 89.5 Å². The number of Topliss-reactive ketones (excluding diaryl/α,β-unsaturated/α-hetero) is 1. The van der Waals surface area contributed by atoms with Gasteiger partial charge in [0.1, 0.15) is 0 Å². The molecule has 3 heteroatoms. The van der Waals surface area contributed by atoms with Crippen LogP contribution in [0, 0.1) is 5.92 Å². The molecule has 2 unspecified atom stereocenters. The average molecular weight is 204 g/mol. The summed E-state index contributed by atoms with van der Waals surface area (Å²) in [5.74, 6) is 1.06. The van der Waals surface area contributed by atoms with E-state index in [1.807, 2.05) is 13.0 Å². The van der Waals surface area contributed by atoms with E-state index in [0.29, 0.717) is 11.7 Å². The van der Waals surface area contributed by atoms with Crippen molar-refractivity contribution in [1.29, 1.82) is 0 Å². The van der Waals surface area contributed by atoms with E-state index in [0.717, 1.165) is 31.6 Å². The molecule has 0 radical (unpaired) electrons. The van der Waals surface area contributed by atoms with Crippen molar-refractivity contribution in [2.75, 3.05) is 13.1 Å². The number of rotatable bonds is 0. The highest BCUT2D eigenvalue weighted by Gasteiger charge is 2.34. The van der Waals surface area contributed by atoms with Gasteiger partial charge in [0.2, 0.25) is 0 Å². The molecule has 1 aromatic rings. The lowest BCUT2D eigenvalue weighted by atomic mass is 9.80. The zero-order valence-corrected chi connectivity index (χ0v) is 8.99. The second-order valence-electron chi connectivity index (χ2n) is 4.71. The van der Waals surface area contributed by atoms with Gasteiger partial charge in [-0.2, -0.15) is 0 Å². The molecule has 0 spiro atoms. The lowest BCUT2D eigenvalue weighted by Gasteiger charge is -2.26.